The molecule has 0 bridgehead atoms. The minimum atomic E-state index is -0.980. The van der Waals surface area contributed by atoms with Gasteiger partial charge in [0, 0.05) is 31.3 Å². The highest BCUT2D eigenvalue weighted by molar-refractivity contribution is 7.98. The Morgan fingerprint density at radius 3 is 2.37 bits per heavy atom. The number of carbonyl (C=O) groups is 2. The van der Waals surface area contributed by atoms with Crippen LogP contribution < -0.4 is 10.2 Å². The van der Waals surface area contributed by atoms with Crippen molar-refractivity contribution in [3.63, 3.8) is 0 Å². The van der Waals surface area contributed by atoms with E-state index in [1.54, 1.807) is 13.8 Å². The average molecular weight is 413 g/mol. The van der Waals surface area contributed by atoms with Crippen molar-refractivity contribution in [3.05, 3.63) is 29.8 Å². The van der Waals surface area contributed by atoms with E-state index in [9.17, 15) is 14.7 Å². The van der Waals surface area contributed by atoms with E-state index in [1.165, 1.54) is 11.3 Å². The van der Waals surface area contributed by atoms with Crippen molar-refractivity contribution in [2.24, 2.45) is 5.41 Å². The van der Waals surface area contributed by atoms with Gasteiger partial charge in [-0.15, -0.1) is 0 Å². The third-order valence-electron chi connectivity index (χ3n) is 4.37. The molecule has 152 valence electrons. The number of nitrogens with one attached hydrogen (secondary N) is 1. The van der Waals surface area contributed by atoms with Gasteiger partial charge in [-0.05, 0) is 42.7 Å². The maximum Gasteiger partial charge on any atom is 0.326 e. The molecule has 0 aliphatic carbocycles. The molecule has 1 aromatic carbocycles. The lowest BCUT2D eigenvalue weighted by molar-refractivity contribution is -0.143. The van der Waals surface area contributed by atoms with Crippen molar-refractivity contribution in [1.29, 1.82) is 0 Å². The first kappa shape index (κ1) is 23.7. The quantitative estimate of drug-likeness (QED) is 0.361. The van der Waals surface area contributed by atoms with Gasteiger partial charge in [0.2, 0.25) is 5.91 Å². The molecule has 0 saturated heterocycles. The van der Waals surface area contributed by atoms with Crippen molar-refractivity contribution in [2.45, 2.75) is 44.9 Å². The molecule has 0 fully saturated rings. The van der Waals surface area contributed by atoms with Gasteiger partial charge in [0.15, 0.2) is 0 Å². The van der Waals surface area contributed by atoms with Gasteiger partial charge >= 0.3 is 5.97 Å². The summed E-state index contributed by atoms with van der Waals surface area (Å²) in [6.45, 7) is 3.52. The Hall–Kier alpha value is -1.34. The first-order chi connectivity index (χ1) is 12.7. The van der Waals surface area contributed by atoms with E-state index >= 15 is 0 Å². The second-order valence-electron chi connectivity index (χ2n) is 7.52. The number of benzene rings is 1. The first-order valence-corrected chi connectivity index (χ1v) is 10.9. The number of anilines is 1. The number of amides is 1. The fraction of sp³-hybridized carbons (Fsp3) is 0.600. The van der Waals surface area contributed by atoms with E-state index in [2.05, 4.69) is 47.1 Å². The topological polar surface area (TPSA) is 69.6 Å². The second kappa shape index (κ2) is 11.5. The summed E-state index contributed by atoms with van der Waals surface area (Å²) in [6, 6.07) is 7.67. The highest BCUT2D eigenvalue weighted by atomic mass is 32.2. The van der Waals surface area contributed by atoms with E-state index in [0.717, 1.165) is 24.3 Å². The molecule has 5 nitrogen and oxygen atoms in total. The van der Waals surface area contributed by atoms with Crippen molar-refractivity contribution in [3.8, 4) is 0 Å². The lowest BCUT2D eigenvalue weighted by Gasteiger charge is -2.24. The van der Waals surface area contributed by atoms with Gasteiger partial charge in [-0.25, -0.2) is 4.79 Å². The number of hydrogen-bond acceptors (Lipinski definition) is 5. The van der Waals surface area contributed by atoms with Crippen LogP contribution in [0.5, 0.6) is 0 Å². The summed E-state index contributed by atoms with van der Waals surface area (Å²) in [5.74, 6) is 1.05. The third-order valence-corrected chi connectivity index (χ3v) is 6.27. The number of carboxylic acid groups (broad SMARTS) is 1. The number of thiol groups is 1. The van der Waals surface area contributed by atoms with Crippen molar-refractivity contribution < 1.29 is 14.7 Å². The minimum absolute atomic E-state index is 0.263. The van der Waals surface area contributed by atoms with E-state index in [0.29, 0.717) is 12.2 Å². The van der Waals surface area contributed by atoms with Crippen LogP contribution >= 0.6 is 24.4 Å². The number of carboxylic acids is 1. The Balaban J connectivity index is 2.30. The molecule has 0 saturated carbocycles. The molecule has 0 aliphatic heterocycles. The first-order valence-electron chi connectivity index (χ1n) is 9.16. The largest absolute Gasteiger partial charge is 0.480 e. The summed E-state index contributed by atoms with van der Waals surface area (Å²) < 4.78 is 0. The average Bonchev–Trinajstić information content (AvgIpc) is 2.63. The predicted molar refractivity (Wildman–Crippen MR) is 118 cm³/mol. The molecular formula is C20H32N2O3S2. The zero-order valence-electron chi connectivity index (χ0n) is 16.7. The van der Waals surface area contributed by atoms with Crippen molar-refractivity contribution in [1.82, 2.24) is 5.32 Å². The van der Waals surface area contributed by atoms with E-state index in [-0.39, 0.29) is 5.91 Å². The molecule has 1 amide bonds. The highest BCUT2D eigenvalue weighted by Gasteiger charge is 2.29. The van der Waals surface area contributed by atoms with Crippen LogP contribution in [0.3, 0.4) is 0 Å². The molecule has 1 atom stereocenters. The van der Waals surface area contributed by atoms with Gasteiger partial charge in [0.1, 0.15) is 6.04 Å². The van der Waals surface area contributed by atoms with Crippen LogP contribution in [0, 0.1) is 5.41 Å². The molecule has 2 N–H and O–H groups in total. The lowest BCUT2D eigenvalue weighted by Crippen LogP contribution is -2.47. The molecule has 0 spiro atoms. The maximum absolute atomic E-state index is 12.1. The molecule has 0 aliphatic rings. The Labute approximate surface area is 172 Å². The Bertz CT molecular complexity index is 604. The zero-order valence-corrected chi connectivity index (χ0v) is 18.4. The van der Waals surface area contributed by atoms with Gasteiger partial charge in [-0.3, -0.25) is 4.79 Å². The molecular weight excluding hydrogens is 380 g/mol. The van der Waals surface area contributed by atoms with Crippen LogP contribution in [0.4, 0.5) is 5.69 Å². The Morgan fingerprint density at radius 1 is 1.22 bits per heavy atom. The van der Waals surface area contributed by atoms with Crippen LogP contribution in [0.1, 0.15) is 38.7 Å². The number of thioether (sulfide) groups is 1. The summed E-state index contributed by atoms with van der Waals surface area (Å²) in [5.41, 5.74) is 1.80. The lowest BCUT2D eigenvalue weighted by atomic mass is 9.94. The number of carbonyl (C=O) groups excluding carboxylic acids is 1. The second-order valence-corrected chi connectivity index (χ2v) is 8.94. The zero-order chi connectivity index (χ0) is 20.4. The van der Waals surface area contributed by atoms with Crippen molar-refractivity contribution in [2.75, 3.05) is 30.5 Å². The summed E-state index contributed by atoms with van der Waals surface area (Å²) >= 11 is 6.00. The molecule has 7 heteroatoms. The van der Waals surface area contributed by atoms with Gasteiger partial charge in [-0.2, -0.15) is 24.4 Å². The molecule has 0 aromatic heterocycles. The summed E-state index contributed by atoms with van der Waals surface area (Å²) in [6.07, 6.45) is 2.14. The molecule has 27 heavy (non-hydrogen) atoms. The fourth-order valence-electron chi connectivity index (χ4n) is 2.32. The smallest absolute Gasteiger partial charge is 0.326 e. The van der Waals surface area contributed by atoms with Crippen LogP contribution in [0.15, 0.2) is 24.3 Å². The van der Waals surface area contributed by atoms with E-state index in [4.69, 9.17) is 0 Å². The SMILES string of the molecule is CN(C)c1ccc(CSCCCC[C@H](NC(=O)C(C)(C)CS)C(=O)O)cc1. The minimum Gasteiger partial charge on any atom is -0.480 e. The van der Waals surface area contributed by atoms with E-state index < -0.39 is 17.4 Å². The molecule has 1 aromatic rings. The Morgan fingerprint density at radius 2 is 1.85 bits per heavy atom. The molecule has 0 radical (unpaired) electrons. The van der Waals surface area contributed by atoms with Crippen molar-refractivity contribution >= 4 is 42.0 Å². The summed E-state index contributed by atoms with van der Waals surface area (Å²) in [5, 5.41) is 12.0. The summed E-state index contributed by atoms with van der Waals surface area (Å²) in [4.78, 5) is 25.6. The molecule has 1 rings (SSSR count). The van der Waals surface area contributed by atoms with Gasteiger partial charge in [0.25, 0.3) is 0 Å². The van der Waals surface area contributed by atoms with Gasteiger partial charge < -0.3 is 15.3 Å². The highest BCUT2D eigenvalue weighted by Crippen LogP contribution is 2.19. The molecule has 0 unspecified atom stereocenters. The number of unbranched alkanes of at least 4 members (excludes halogenated alkanes) is 1. The van der Waals surface area contributed by atoms with E-state index in [1.807, 2.05) is 25.9 Å². The monoisotopic (exact) mass is 412 g/mol. The molecule has 0 heterocycles. The fourth-order valence-corrected chi connectivity index (χ4v) is 3.44. The predicted octanol–water partition coefficient (Wildman–Crippen LogP) is 3.68. The summed E-state index contributed by atoms with van der Waals surface area (Å²) in [7, 11) is 4.05. The Kier molecular flexibility index (Phi) is 10.1. The normalized spacial score (nSPS) is 12.5. The van der Waals surface area contributed by atoms with Gasteiger partial charge in [-0.1, -0.05) is 26.0 Å². The van der Waals surface area contributed by atoms with Crippen LogP contribution in [-0.2, 0) is 15.3 Å². The van der Waals surface area contributed by atoms with Crippen LogP contribution in [-0.4, -0.2) is 48.6 Å². The van der Waals surface area contributed by atoms with Gasteiger partial charge in [0.05, 0.1) is 5.41 Å². The van der Waals surface area contributed by atoms with Crippen LogP contribution in [0.25, 0.3) is 0 Å². The maximum atomic E-state index is 12.1. The number of hydrogen-bond donors (Lipinski definition) is 3. The standard InChI is InChI=1S/C20H32N2O3S2/c1-20(2,14-26)19(25)21-17(18(23)24)7-5-6-12-27-13-15-8-10-16(11-9-15)22(3)4/h8-11,17,26H,5-7,12-14H2,1-4H3,(H,21,25)(H,23,24)/t17-/m0/s1. The number of aliphatic carboxylic acids is 1. The van der Waals surface area contributed by atoms with Crippen LogP contribution in [0.2, 0.25) is 0 Å². The number of rotatable bonds is 12. The number of nitrogens with zero attached hydrogens (tertiary/aromatic N) is 1. The third kappa shape index (κ3) is 8.47.